The van der Waals surface area contributed by atoms with Gasteiger partial charge >= 0.3 is 5.97 Å². The van der Waals surface area contributed by atoms with Crippen LogP contribution in [0, 0.1) is 0 Å². The molecule has 0 saturated carbocycles. The van der Waals surface area contributed by atoms with E-state index in [1.165, 1.54) is 6.21 Å². The van der Waals surface area contributed by atoms with Crippen LogP contribution >= 0.6 is 11.6 Å². The summed E-state index contributed by atoms with van der Waals surface area (Å²) in [7, 11) is 0. The molecule has 7 nitrogen and oxygen atoms in total. The first-order valence-electron chi connectivity index (χ1n) is 12.1. The van der Waals surface area contributed by atoms with Crippen LogP contribution in [0.15, 0.2) is 101 Å². The second-order valence-electron chi connectivity index (χ2n) is 8.48. The number of benzene rings is 3. The van der Waals surface area contributed by atoms with Gasteiger partial charge in [-0.15, -0.1) is 0 Å². The highest BCUT2D eigenvalue weighted by Crippen LogP contribution is 2.25. The van der Waals surface area contributed by atoms with Crippen molar-refractivity contribution in [2.24, 2.45) is 5.10 Å². The number of esters is 1. The largest absolute Gasteiger partial charge is 0.462 e. The lowest BCUT2D eigenvalue weighted by atomic mass is 10.1. The third-order valence-corrected chi connectivity index (χ3v) is 6.37. The first kappa shape index (κ1) is 25.0. The number of rotatable bonds is 8. The summed E-state index contributed by atoms with van der Waals surface area (Å²) in [6.45, 7) is 2.62. The zero-order chi connectivity index (χ0) is 26.5. The summed E-state index contributed by atoms with van der Waals surface area (Å²) in [5, 5.41) is 5.58. The number of aromatic nitrogens is 1. The van der Waals surface area contributed by atoms with Crippen molar-refractivity contribution < 1.29 is 18.7 Å². The number of furan rings is 1. The number of hydrazone groups is 1. The molecule has 0 aliphatic carbocycles. The molecule has 0 fully saturated rings. The number of amides is 1. The van der Waals surface area contributed by atoms with E-state index in [0.29, 0.717) is 40.8 Å². The van der Waals surface area contributed by atoms with Crippen LogP contribution in [-0.2, 0) is 11.3 Å². The topological polar surface area (TPSA) is 85.8 Å². The maximum Gasteiger partial charge on any atom is 0.338 e. The van der Waals surface area contributed by atoms with E-state index in [1.54, 1.807) is 43.3 Å². The zero-order valence-electron chi connectivity index (χ0n) is 20.6. The number of carbonyl (C=O) groups is 2. The maximum absolute atomic E-state index is 13.0. The fourth-order valence-corrected chi connectivity index (χ4v) is 4.34. The van der Waals surface area contributed by atoms with Gasteiger partial charge in [-0.2, -0.15) is 5.10 Å². The molecule has 0 radical (unpaired) electrons. The minimum Gasteiger partial charge on any atom is -0.462 e. The molecule has 0 aliphatic heterocycles. The van der Waals surface area contributed by atoms with Gasteiger partial charge < -0.3 is 13.7 Å². The fraction of sp³-hybridized carbons (Fsp3) is 0.100. The number of hydrogen-bond donors (Lipinski definition) is 1. The Morgan fingerprint density at radius 1 is 1.00 bits per heavy atom. The highest BCUT2D eigenvalue weighted by Gasteiger charge is 2.15. The highest BCUT2D eigenvalue weighted by molar-refractivity contribution is 6.31. The van der Waals surface area contributed by atoms with E-state index >= 15 is 0 Å². The molecule has 1 amide bonds. The molecule has 0 bridgehead atoms. The van der Waals surface area contributed by atoms with E-state index in [9.17, 15) is 9.59 Å². The highest BCUT2D eigenvalue weighted by atomic mass is 35.5. The number of carbonyl (C=O) groups excluding carboxylic acids is 2. The molecule has 38 heavy (non-hydrogen) atoms. The van der Waals surface area contributed by atoms with Gasteiger partial charge in [0.1, 0.15) is 11.5 Å². The van der Waals surface area contributed by atoms with Crippen molar-refractivity contribution in [3.8, 4) is 11.3 Å². The second-order valence-corrected chi connectivity index (χ2v) is 8.89. The summed E-state index contributed by atoms with van der Waals surface area (Å²) >= 11 is 6.35. The number of fused-ring (bicyclic) bond motifs is 1. The van der Waals surface area contributed by atoms with Crippen molar-refractivity contribution in [2.75, 3.05) is 6.61 Å². The van der Waals surface area contributed by atoms with Crippen LogP contribution in [0.4, 0.5) is 0 Å². The Bertz CT molecular complexity index is 1630. The molecule has 0 unspecified atom stereocenters. The molecular formula is C30H24ClN3O4. The van der Waals surface area contributed by atoms with Gasteiger partial charge in [0.15, 0.2) is 0 Å². The average Bonchev–Trinajstić information content (AvgIpc) is 3.55. The van der Waals surface area contributed by atoms with Crippen LogP contribution in [0.5, 0.6) is 0 Å². The van der Waals surface area contributed by atoms with Gasteiger partial charge in [-0.05, 0) is 48.9 Å². The standard InChI is InChI=1S/C30H24ClN3O4/c1-2-37-30(36)21-13-11-20(12-14-21)28-16-15-23(38-28)17-32-33-29(35)25-19-34(27-10-6-4-8-24(25)27)18-22-7-3-5-9-26(22)31/h3-17,19H,2,18H2,1H3,(H,33,35)/b32-17+. The third-order valence-electron chi connectivity index (χ3n) is 6.00. The molecule has 0 saturated heterocycles. The van der Waals surface area contributed by atoms with Gasteiger partial charge in [-0.25, -0.2) is 10.2 Å². The summed E-state index contributed by atoms with van der Waals surface area (Å²) in [6, 6.07) is 25.8. The Labute approximate surface area is 224 Å². The normalized spacial score (nSPS) is 11.2. The molecule has 190 valence electrons. The van der Waals surface area contributed by atoms with E-state index in [1.807, 2.05) is 59.3 Å². The summed E-state index contributed by atoms with van der Waals surface area (Å²) in [4.78, 5) is 24.8. The molecule has 2 aromatic heterocycles. The number of para-hydroxylation sites is 1. The van der Waals surface area contributed by atoms with Crippen molar-refractivity contribution in [2.45, 2.75) is 13.5 Å². The van der Waals surface area contributed by atoms with Gasteiger partial charge in [0.25, 0.3) is 5.91 Å². The molecule has 5 rings (SSSR count). The molecule has 0 aliphatic rings. The number of ether oxygens (including phenoxy) is 1. The van der Waals surface area contributed by atoms with Gasteiger partial charge in [0.2, 0.25) is 0 Å². The predicted molar refractivity (Wildman–Crippen MR) is 148 cm³/mol. The van der Waals surface area contributed by atoms with Crippen molar-refractivity contribution in [1.82, 2.24) is 9.99 Å². The Balaban J connectivity index is 1.28. The number of nitrogens with one attached hydrogen (secondary N) is 1. The third kappa shape index (κ3) is 5.38. The first-order chi connectivity index (χ1) is 18.5. The van der Waals surface area contributed by atoms with Crippen molar-refractivity contribution in [1.29, 1.82) is 0 Å². The molecule has 3 aromatic carbocycles. The van der Waals surface area contributed by atoms with Crippen molar-refractivity contribution in [3.05, 3.63) is 119 Å². The molecule has 1 N–H and O–H groups in total. The predicted octanol–water partition coefficient (Wildman–Crippen LogP) is 6.54. The summed E-state index contributed by atoms with van der Waals surface area (Å²) in [5.41, 5.74) is 6.25. The Morgan fingerprint density at radius 3 is 2.55 bits per heavy atom. The average molecular weight is 526 g/mol. The lowest BCUT2D eigenvalue weighted by molar-refractivity contribution is 0.0526. The second kappa shape index (κ2) is 11.2. The van der Waals surface area contributed by atoms with E-state index in [4.69, 9.17) is 20.8 Å². The van der Waals surface area contributed by atoms with E-state index < -0.39 is 0 Å². The number of nitrogens with zero attached hydrogens (tertiary/aromatic N) is 2. The summed E-state index contributed by atoms with van der Waals surface area (Å²) < 4.78 is 12.8. The Morgan fingerprint density at radius 2 is 1.76 bits per heavy atom. The quantitative estimate of drug-likeness (QED) is 0.141. The van der Waals surface area contributed by atoms with Crippen molar-refractivity contribution in [3.63, 3.8) is 0 Å². The molecule has 8 heteroatoms. The lowest BCUT2D eigenvalue weighted by Crippen LogP contribution is -2.17. The van der Waals surface area contributed by atoms with Crippen LogP contribution < -0.4 is 5.43 Å². The number of hydrogen-bond acceptors (Lipinski definition) is 5. The Hall–Kier alpha value is -4.62. The van der Waals surface area contributed by atoms with Gasteiger partial charge in [0, 0.05) is 34.2 Å². The molecular weight excluding hydrogens is 502 g/mol. The minimum atomic E-state index is -0.367. The van der Waals surface area contributed by atoms with E-state index in [0.717, 1.165) is 22.0 Å². The monoisotopic (exact) mass is 525 g/mol. The molecule has 0 spiro atoms. The molecule has 5 aromatic rings. The van der Waals surface area contributed by atoms with Crippen LogP contribution in [0.25, 0.3) is 22.2 Å². The van der Waals surface area contributed by atoms with Crippen LogP contribution in [0.2, 0.25) is 5.02 Å². The smallest absolute Gasteiger partial charge is 0.338 e. The van der Waals surface area contributed by atoms with Crippen molar-refractivity contribution >= 4 is 40.6 Å². The SMILES string of the molecule is CCOC(=O)c1ccc(-c2ccc(/C=N/NC(=O)c3cn(Cc4ccccc4Cl)c4ccccc34)o2)cc1. The maximum atomic E-state index is 13.0. The van der Waals surface area contributed by atoms with Gasteiger partial charge in [-0.3, -0.25) is 4.79 Å². The van der Waals surface area contributed by atoms with E-state index in [-0.39, 0.29) is 11.9 Å². The van der Waals surface area contributed by atoms with Crippen LogP contribution in [-0.4, -0.2) is 29.3 Å². The lowest BCUT2D eigenvalue weighted by Gasteiger charge is -2.07. The summed E-state index contributed by atoms with van der Waals surface area (Å²) in [5.74, 6) is 0.373. The van der Waals surface area contributed by atoms with Gasteiger partial charge in [-0.1, -0.05) is 60.1 Å². The van der Waals surface area contributed by atoms with Crippen LogP contribution in [0.3, 0.4) is 0 Å². The minimum absolute atomic E-state index is 0.322. The fourth-order valence-electron chi connectivity index (χ4n) is 4.15. The Kier molecular flexibility index (Phi) is 7.38. The molecule has 0 atom stereocenters. The van der Waals surface area contributed by atoms with Crippen LogP contribution in [0.1, 0.15) is 39.0 Å². The van der Waals surface area contributed by atoms with Gasteiger partial charge in [0.05, 0.1) is 23.9 Å². The van der Waals surface area contributed by atoms with E-state index in [2.05, 4.69) is 10.5 Å². The first-order valence-corrected chi connectivity index (χ1v) is 12.4. The molecule has 2 heterocycles. The zero-order valence-corrected chi connectivity index (χ0v) is 21.3. The number of halogens is 1. The summed E-state index contributed by atoms with van der Waals surface area (Å²) in [6.07, 6.45) is 3.25.